The molecule has 1 aliphatic carbocycles. The number of rotatable bonds is 6. The molecular weight excluding hydrogens is 314 g/mol. The fraction of sp³-hybridized carbons (Fsp3) is 0.333. The summed E-state index contributed by atoms with van der Waals surface area (Å²) in [5.41, 5.74) is 3.58. The summed E-state index contributed by atoms with van der Waals surface area (Å²) in [7, 11) is 0. The maximum atomic E-state index is 12.4. The highest BCUT2D eigenvalue weighted by Gasteiger charge is 2.24. The fourth-order valence-electron chi connectivity index (χ4n) is 3.51. The van der Waals surface area contributed by atoms with E-state index in [1.165, 1.54) is 11.1 Å². The van der Waals surface area contributed by atoms with Gasteiger partial charge < -0.3 is 10.4 Å². The molecule has 2 aromatic carbocycles. The number of carboxylic acids is 1. The number of carbonyl (C=O) groups is 2. The highest BCUT2D eigenvalue weighted by molar-refractivity contribution is 5.83. The van der Waals surface area contributed by atoms with Gasteiger partial charge in [0.2, 0.25) is 5.91 Å². The van der Waals surface area contributed by atoms with E-state index in [2.05, 4.69) is 17.4 Å². The number of hydrogen-bond donors (Lipinski definition) is 2. The van der Waals surface area contributed by atoms with E-state index in [-0.39, 0.29) is 11.8 Å². The van der Waals surface area contributed by atoms with E-state index < -0.39 is 12.0 Å². The molecule has 130 valence electrons. The first-order valence-electron chi connectivity index (χ1n) is 8.74. The maximum absolute atomic E-state index is 12.4. The van der Waals surface area contributed by atoms with Gasteiger partial charge in [0.05, 0.1) is 0 Å². The monoisotopic (exact) mass is 337 g/mol. The molecule has 1 aliphatic rings. The molecule has 0 radical (unpaired) electrons. The van der Waals surface area contributed by atoms with E-state index >= 15 is 0 Å². The van der Waals surface area contributed by atoms with Gasteiger partial charge in [0.1, 0.15) is 6.04 Å². The van der Waals surface area contributed by atoms with Crippen molar-refractivity contribution in [3.63, 3.8) is 0 Å². The molecule has 0 aromatic heterocycles. The number of aryl methyl sites for hydroxylation is 1. The first-order valence-corrected chi connectivity index (χ1v) is 8.74. The summed E-state index contributed by atoms with van der Waals surface area (Å²) in [5.74, 6) is -0.889. The Labute approximate surface area is 147 Å². The lowest BCUT2D eigenvalue weighted by Gasteiger charge is -2.24. The number of aliphatic carboxylic acids is 1. The largest absolute Gasteiger partial charge is 0.480 e. The van der Waals surface area contributed by atoms with Gasteiger partial charge in [0.15, 0.2) is 0 Å². The summed E-state index contributed by atoms with van der Waals surface area (Å²) in [6, 6.07) is 16.8. The fourth-order valence-corrected chi connectivity index (χ4v) is 3.51. The highest BCUT2D eigenvalue weighted by Crippen LogP contribution is 2.27. The van der Waals surface area contributed by atoms with Gasteiger partial charge in [0.25, 0.3) is 0 Å². The van der Waals surface area contributed by atoms with E-state index in [0.717, 1.165) is 24.8 Å². The average Bonchev–Trinajstić information content (AvgIpc) is 2.62. The number of nitrogens with one attached hydrogen (secondary N) is 1. The van der Waals surface area contributed by atoms with Crippen molar-refractivity contribution in [1.29, 1.82) is 0 Å². The lowest BCUT2D eigenvalue weighted by molar-refractivity contribution is -0.141. The van der Waals surface area contributed by atoms with Crippen molar-refractivity contribution in [3.05, 3.63) is 71.3 Å². The van der Waals surface area contributed by atoms with Crippen LogP contribution in [0.5, 0.6) is 0 Å². The van der Waals surface area contributed by atoms with Crippen LogP contribution in [0.1, 0.15) is 29.5 Å². The number of fused-ring (bicyclic) bond motifs is 1. The van der Waals surface area contributed by atoms with Crippen molar-refractivity contribution in [1.82, 2.24) is 5.32 Å². The predicted molar refractivity (Wildman–Crippen MR) is 96.3 cm³/mol. The Morgan fingerprint density at radius 2 is 1.72 bits per heavy atom. The Morgan fingerprint density at radius 1 is 1.04 bits per heavy atom. The number of carbonyl (C=O) groups excluding carboxylic acids is 1. The van der Waals surface area contributed by atoms with Crippen LogP contribution >= 0.6 is 0 Å². The SMILES string of the molecule is O=C(CC1CCc2ccccc2C1)N[C@@H](Cc1ccccc1)C(=O)O. The standard InChI is InChI=1S/C21H23NO3/c23-20(14-16-10-11-17-8-4-5-9-18(17)12-16)22-19(21(24)25)13-15-6-2-1-3-7-15/h1-9,16,19H,10-14H2,(H,22,23)(H,24,25)/t16?,19-/m0/s1. The number of carboxylic acid groups (broad SMARTS) is 1. The number of hydrogen-bond acceptors (Lipinski definition) is 2. The van der Waals surface area contributed by atoms with E-state index in [1.807, 2.05) is 42.5 Å². The number of amides is 1. The lowest BCUT2D eigenvalue weighted by Crippen LogP contribution is -2.43. The first kappa shape index (κ1) is 17.2. The van der Waals surface area contributed by atoms with Gasteiger partial charge in [-0.25, -0.2) is 4.79 Å². The van der Waals surface area contributed by atoms with Gasteiger partial charge in [-0.1, -0.05) is 54.6 Å². The van der Waals surface area contributed by atoms with Crippen molar-refractivity contribution in [3.8, 4) is 0 Å². The molecule has 4 nitrogen and oxygen atoms in total. The normalized spacial score (nSPS) is 17.4. The average molecular weight is 337 g/mol. The third kappa shape index (κ3) is 4.69. The third-order valence-corrected chi connectivity index (χ3v) is 4.84. The molecule has 2 N–H and O–H groups in total. The zero-order valence-corrected chi connectivity index (χ0v) is 14.2. The van der Waals surface area contributed by atoms with Gasteiger partial charge in [0, 0.05) is 12.8 Å². The predicted octanol–water partition coefficient (Wildman–Crippen LogP) is 2.99. The van der Waals surface area contributed by atoms with Crippen LogP contribution in [-0.4, -0.2) is 23.0 Å². The first-order chi connectivity index (χ1) is 12.1. The van der Waals surface area contributed by atoms with Gasteiger partial charge in [-0.3, -0.25) is 4.79 Å². The molecule has 0 aliphatic heterocycles. The minimum absolute atomic E-state index is 0.173. The minimum Gasteiger partial charge on any atom is -0.480 e. The molecule has 2 aromatic rings. The summed E-state index contributed by atoms with van der Waals surface area (Å²) in [4.78, 5) is 23.8. The molecular formula is C21H23NO3. The Morgan fingerprint density at radius 3 is 2.44 bits per heavy atom. The van der Waals surface area contributed by atoms with Crippen molar-refractivity contribution in [2.75, 3.05) is 0 Å². The molecule has 0 bridgehead atoms. The molecule has 0 saturated heterocycles. The molecule has 3 rings (SSSR count). The zero-order valence-electron chi connectivity index (χ0n) is 14.2. The summed E-state index contributed by atoms with van der Waals surface area (Å²) < 4.78 is 0. The van der Waals surface area contributed by atoms with Crippen LogP contribution in [-0.2, 0) is 28.9 Å². The summed E-state index contributed by atoms with van der Waals surface area (Å²) in [6.07, 6.45) is 3.53. The van der Waals surface area contributed by atoms with Crippen LogP contribution in [0.25, 0.3) is 0 Å². The van der Waals surface area contributed by atoms with Crippen LogP contribution in [0.2, 0.25) is 0 Å². The Kier molecular flexibility index (Phi) is 5.49. The van der Waals surface area contributed by atoms with Gasteiger partial charge in [-0.15, -0.1) is 0 Å². The molecule has 4 heteroatoms. The molecule has 1 unspecified atom stereocenters. The topological polar surface area (TPSA) is 66.4 Å². The summed E-state index contributed by atoms with van der Waals surface area (Å²) in [5, 5.41) is 12.1. The Bertz CT molecular complexity index is 742. The lowest BCUT2D eigenvalue weighted by atomic mass is 9.82. The van der Waals surface area contributed by atoms with E-state index in [0.29, 0.717) is 12.8 Å². The second-order valence-corrected chi connectivity index (χ2v) is 6.73. The van der Waals surface area contributed by atoms with Crippen LogP contribution in [0.4, 0.5) is 0 Å². The van der Waals surface area contributed by atoms with E-state index in [9.17, 15) is 14.7 Å². The molecule has 0 spiro atoms. The molecule has 0 fully saturated rings. The van der Waals surface area contributed by atoms with Crippen molar-refractivity contribution in [2.45, 2.75) is 38.1 Å². The quantitative estimate of drug-likeness (QED) is 0.851. The molecule has 1 amide bonds. The van der Waals surface area contributed by atoms with Crippen molar-refractivity contribution in [2.24, 2.45) is 5.92 Å². The van der Waals surface area contributed by atoms with E-state index in [1.54, 1.807) is 0 Å². The van der Waals surface area contributed by atoms with E-state index in [4.69, 9.17) is 0 Å². The molecule has 0 saturated carbocycles. The van der Waals surface area contributed by atoms with Gasteiger partial charge in [-0.2, -0.15) is 0 Å². The molecule has 2 atom stereocenters. The van der Waals surface area contributed by atoms with Crippen LogP contribution < -0.4 is 5.32 Å². The summed E-state index contributed by atoms with van der Waals surface area (Å²) in [6.45, 7) is 0. The van der Waals surface area contributed by atoms with Crippen LogP contribution in [0.3, 0.4) is 0 Å². The van der Waals surface area contributed by atoms with Crippen molar-refractivity contribution < 1.29 is 14.7 Å². The molecule has 0 heterocycles. The minimum atomic E-state index is -0.994. The van der Waals surface area contributed by atoms with Gasteiger partial charge >= 0.3 is 5.97 Å². The summed E-state index contributed by atoms with van der Waals surface area (Å²) >= 11 is 0. The second-order valence-electron chi connectivity index (χ2n) is 6.73. The van der Waals surface area contributed by atoms with Crippen LogP contribution in [0.15, 0.2) is 54.6 Å². The van der Waals surface area contributed by atoms with Crippen LogP contribution in [0, 0.1) is 5.92 Å². The Hall–Kier alpha value is -2.62. The smallest absolute Gasteiger partial charge is 0.326 e. The zero-order chi connectivity index (χ0) is 17.6. The third-order valence-electron chi connectivity index (χ3n) is 4.84. The maximum Gasteiger partial charge on any atom is 0.326 e. The molecule has 25 heavy (non-hydrogen) atoms. The Balaban J connectivity index is 1.56. The van der Waals surface area contributed by atoms with Gasteiger partial charge in [-0.05, 0) is 41.9 Å². The second kappa shape index (κ2) is 7.97. The number of benzene rings is 2. The van der Waals surface area contributed by atoms with Crippen molar-refractivity contribution >= 4 is 11.9 Å². The highest BCUT2D eigenvalue weighted by atomic mass is 16.4.